The highest BCUT2D eigenvalue weighted by Gasteiger charge is 2.13. The number of hydrogen-bond acceptors (Lipinski definition) is 3. The Balaban J connectivity index is 3.67. The van der Waals surface area contributed by atoms with Crippen molar-refractivity contribution in [3.63, 3.8) is 0 Å². The van der Waals surface area contributed by atoms with Crippen LogP contribution < -0.4 is 5.32 Å². The largest absolute Gasteiger partial charge is 0.453 e. The maximum absolute atomic E-state index is 10.7. The quantitative estimate of drug-likeness (QED) is 0.665. The van der Waals surface area contributed by atoms with Crippen LogP contribution in [0.15, 0.2) is 0 Å². The Morgan fingerprint density at radius 3 is 2.27 bits per heavy atom. The summed E-state index contributed by atoms with van der Waals surface area (Å²) >= 11 is 0. The van der Waals surface area contributed by atoms with Crippen LogP contribution in [-0.2, 0) is 9.47 Å². The molecule has 4 heteroatoms. The Bertz CT molecular complexity index is 127. The van der Waals surface area contributed by atoms with Gasteiger partial charge in [0.05, 0.1) is 19.3 Å². The third-order valence-electron chi connectivity index (χ3n) is 1.61. The van der Waals surface area contributed by atoms with Crippen LogP contribution in [0.25, 0.3) is 0 Å². The molecule has 0 bridgehead atoms. The van der Waals surface area contributed by atoms with Gasteiger partial charge in [-0.2, -0.15) is 0 Å². The fourth-order valence-electron chi connectivity index (χ4n) is 0.566. The molecule has 1 N–H and O–H groups in total. The first-order chi connectivity index (χ1) is 5.11. The van der Waals surface area contributed by atoms with Gasteiger partial charge in [0.2, 0.25) is 0 Å². The monoisotopic (exact) mass is 161 g/mol. The van der Waals surface area contributed by atoms with Crippen molar-refractivity contribution in [2.45, 2.75) is 26.0 Å². The van der Waals surface area contributed by atoms with Gasteiger partial charge in [-0.1, -0.05) is 0 Å². The first-order valence-electron chi connectivity index (χ1n) is 3.49. The first-order valence-corrected chi connectivity index (χ1v) is 3.49. The number of rotatable bonds is 3. The van der Waals surface area contributed by atoms with E-state index in [9.17, 15) is 4.79 Å². The van der Waals surface area contributed by atoms with E-state index in [1.807, 2.05) is 13.8 Å². The second-order valence-electron chi connectivity index (χ2n) is 2.37. The molecular formula is C7H15NO3. The van der Waals surface area contributed by atoms with Crippen molar-refractivity contribution >= 4 is 6.09 Å². The molecule has 0 fully saturated rings. The maximum atomic E-state index is 10.7. The predicted octanol–water partition coefficient (Wildman–Crippen LogP) is 0.766. The lowest BCUT2D eigenvalue weighted by atomic mass is 10.2. The number of carbonyl (C=O) groups excluding carboxylic acids is 1. The molecule has 0 aliphatic carbocycles. The van der Waals surface area contributed by atoms with Crippen molar-refractivity contribution in [2.75, 3.05) is 14.2 Å². The summed E-state index contributed by atoms with van der Waals surface area (Å²) in [6.07, 6.45) is -0.435. The van der Waals surface area contributed by atoms with Gasteiger partial charge in [-0.05, 0) is 13.8 Å². The van der Waals surface area contributed by atoms with Crippen molar-refractivity contribution in [3.8, 4) is 0 Å². The summed E-state index contributed by atoms with van der Waals surface area (Å²) in [5, 5.41) is 2.59. The zero-order valence-electron chi connectivity index (χ0n) is 7.38. The van der Waals surface area contributed by atoms with E-state index in [4.69, 9.17) is 4.74 Å². The van der Waals surface area contributed by atoms with Gasteiger partial charge in [-0.15, -0.1) is 0 Å². The van der Waals surface area contributed by atoms with Crippen LogP contribution in [0.2, 0.25) is 0 Å². The smallest absolute Gasteiger partial charge is 0.407 e. The van der Waals surface area contributed by atoms with Gasteiger partial charge in [0.1, 0.15) is 0 Å². The third-order valence-corrected chi connectivity index (χ3v) is 1.61. The lowest BCUT2D eigenvalue weighted by Gasteiger charge is -2.18. The van der Waals surface area contributed by atoms with Crippen molar-refractivity contribution in [1.29, 1.82) is 0 Å². The molecule has 1 amide bonds. The minimum Gasteiger partial charge on any atom is -0.453 e. The Morgan fingerprint density at radius 1 is 1.36 bits per heavy atom. The summed E-state index contributed by atoms with van der Waals surface area (Å²) in [7, 11) is 2.93. The Hall–Kier alpha value is -0.770. The van der Waals surface area contributed by atoms with E-state index in [1.54, 1.807) is 7.11 Å². The highest BCUT2D eigenvalue weighted by atomic mass is 16.5. The van der Waals surface area contributed by atoms with Crippen molar-refractivity contribution in [2.24, 2.45) is 0 Å². The topological polar surface area (TPSA) is 47.6 Å². The van der Waals surface area contributed by atoms with Gasteiger partial charge in [0.15, 0.2) is 0 Å². The van der Waals surface area contributed by atoms with Crippen molar-refractivity contribution in [1.82, 2.24) is 5.32 Å². The average Bonchev–Trinajstić information content (AvgIpc) is 2.02. The van der Waals surface area contributed by atoms with Crippen molar-refractivity contribution in [3.05, 3.63) is 0 Å². The van der Waals surface area contributed by atoms with Crippen LogP contribution in [0.3, 0.4) is 0 Å². The summed E-state index contributed by atoms with van der Waals surface area (Å²) in [4.78, 5) is 10.7. The Morgan fingerprint density at radius 2 is 1.91 bits per heavy atom. The van der Waals surface area contributed by atoms with Gasteiger partial charge in [0, 0.05) is 7.11 Å². The molecule has 0 heterocycles. The van der Waals surface area contributed by atoms with Crippen molar-refractivity contribution < 1.29 is 14.3 Å². The normalized spacial score (nSPS) is 15.3. The fraction of sp³-hybridized carbons (Fsp3) is 0.857. The average molecular weight is 161 g/mol. The maximum Gasteiger partial charge on any atom is 0.407 e. The van der Waals surface area contributed by atoms with Crippen LogP contribution >= 0.6 is 0 Å². The van der Waals surface area contributed by atoms with Crippen LogP contribution in [0.5, 0.6) is 0 Å². The molecule has 0 rings (SSSR count). The zero-order chi connectivity index (χ0) is 8.85. The lowest BCUT2D eigenvalue weighted by Crippen LogP contribution is -2.40. The summed E-state index contributed by atoms with van der Waals surface area (Å²) in [5.41, 5.74) is 0. The number of carbonyl (C=O) groups is 1. The van der Waals surface area contributed by atoms with Crippen LogP contribution in [0.1, 0.15) is 13.8 Å². The standard InChI is InChI=1S/C7H15NO3/c1-5(6(2)10-3)8-7(9)11-4/h5-6H,1-4H3,(H,8,9)/t5-,6?/m1/s1. The molecule has 1 unspecified atom stereocenters. The molecule has 11 heavy (non-hydrogen) atoms. The highest BCUT2D eigenvalue weighted by molar-refractivity contribution is 5.67. The fourth-order valence-corrected chi connectivity index (χ4v) is 0.566. The summed E-state index contributed by atoms with van der Waals surface area (Å²) in [5.74, 6) is 0. The number of amides is 1. The predicted molar refractivity (Wildman–Crippen MR) is 41.5 cm³/mol. The van der Waals surface area contributed by atoms with Gasteiger partial charge in [0.25, 0.3) is 0 Å². The molecule has 0 aliphatic rings. The Kier molecular flexibility index (Phi) is 4.61. The summed E-state index contributed by atoms with van der Waals surface area (Å²) < 4.78 is 9.40. The molecule has 2 atom stereocenters. The summed E-state index contributed by atoms with van der Waals surface area (Å²) in [6, 6.07) is -0.0348. The van der Waals surface area contributed by atoms with Gasteiger partial charge < -0.3 is 14.8 Å². The number of nitrogens with one attached hydrogen (secondary N) is 1. The third kappa shape index (κ3) is 3.83. The number of methoxy groups -OCH3 is 2. The van der Waals surface area contributed by atoms with E-state index >= 15 is 0 Å². The number of alkyl carbamates (subject to hydrolysis) is 1. The van der Waals surface area contributed by atoms with Crippen LogP contribution in [-0.4, -0.2) is 32.5 Å². The van der Waals surface area contributed by atoms with E-state index in [1.165, 1.54) is 7.11 Å². The van der Waals surface area contributed by atoms with Crippen LogP contribution in [0.4, 0.5) is 4.79 Å². The van der Waals surface area contributed by atoms with Gasteiger partial charge in [-0.25, -0.2) is 4.79 Å². The molecule has 0 saturated heterocycles. The zero-order valence-corrected chi connectivity index (χ0v) is 7.38. The number of hydrogen-bond donors (Lipinski definition) is 1. The molecule has 0 radical (unpaired) electrons. The molecule has 0 saturated carbocycles. The van der Waals surface area contributed by atoms with E-state index in [2.05, 4.69) is 10.1 Å². The van der Waals surface area contributed by atoms with Crippen LogP contribution in [0, 0.1) is 0 Å². The number of ether oxygens (including phenoxy) is 2. The molecule has 66 valence electrons. The molecule has 0 spiro atoms. The van der Waals surface area contributed by atoms with E-state index < -0.39 is 6.09 Å². The molecule has 0 aromatic heterocycles. The van der Waals surface area contributed by atoms with E-state index in [0.29, 0.717) is 0 Å². The summed E-state index contributed by atoms with van der Waals surface area (Å²) in [6.45, 7) is 3.73. The molecule has 4 nitrogen and oxygen atoms in total. The SMILES string of the molecule is COC(=O)N[C@H](C)C(C)OC. The van der Waals surface area contributed by atoms with E-state index in [-0.39, 0.29) is 12.1 Å². The molecule has 0 aromatic rings. The van der Waals surface area contributed by atoms with E-state index in [0.717, 1.165) is 0 Å². The second-order valence-corrected chi connectivity index (χ2v) is 2.37. The van der Waals surface area contributed by atoms with Gasteiger partial charge in [-0.3, -0.25) is 0 Å². The molecule has 0 aliphatic heterocycles. The first kappa shape index (κ1) is 10.2. The minimum atomic E-state index is -0.429. The molecular weight excluding hydrogens is 146 g/mol. The molecule has 0 aromatic carbocycles. The van der Waals surface area contributed by atoms with Gasteiger partial charge >= 0.3 is 6.09 Å². The Labute approximate surface area is 66.9 Å². The second kappa shape index (κ2) is 4.96. The highest BCUT2D eigenvalue weighted by Crippen LogP contribution is 1.95. The lowest BCUT2D eigenvalue weighted by molar-refractivity contribution is 0.0843. The minimum absolute atomic E-state index is 0.00546.